The Hall–Kier alpha value is -6.74. The number of thiophene rings is 1. The first kappa shape index (κ1) is 30.3. The fourth-order valence-electron chi connectivity index (χ4n) is 6.72. The minimum atomic E-state index is 0.661. The van der Waals surface area contributed by atoms with Gasteiger partial charge < -0.3 is 0 Å². The summed E-state index contributed by atoms with van der Waals surface area (Å²) in [7, 11) is 0. The summed E-state index contributed by atoms with van der Waals surface area (Å²) < 4.78 is 1.03. The molecule has 0 N–H and O–H groups in total. The van der Waals surface area contributed by atoms with Gasteiger partial charge in [-0.25, -0.2) is 19.8 Å². The SMILES string of the molecule is [C-]#[N+]c1sc2c(-c3ccccc3)nc3ccccc3c2c1-c1cccc(-c2cccc(-c3cc(-c4ccccc4)nc(-c4ccccc4)n3)c2)c1. The molecule has 0 aliphatic carbocycles. The highest BCUT2D eigenvalue weighted by molar-refractivity contribution is 7.24. The molecule has 238 valence electrons. The van der Waals surface area contributed by atoms with Crippen molar-refractivity contribution in [3.63, 3.8) is 0 Å². The Morgan fingerprint density at radius 1 is 0.451 bits per heavy atom. The topological polar surface area (TPSA) is 43.0 Å². The van der Waals surface area contributed by atoms with Crippen LogP contribution in [-0.4, -0.2) is 15.0 Å². The van der Waals surface area contributed by atoms with Crippen molar-refractivity contribution in [2.24, 2.45) is 0 Å². The third kappa shape index (κ3) is 5.64. The lowest BCUT2D eigenvalue weighted by Gasteiger charge is -2.12. The average molecular weight is 669 g/mol. The summed E-state index contributed by atoms with van der Waals surface area (Å²) in [6, 6.07) is 58.0. The van der Waals surface area contributed by atoms with E-state index in [0.29, 0.717) is 10.8 Å². The average Bonchev–Trinajstić information content (AvgIpc) is 3.62. The van der Waals surface area contributed by atoms with Crippen molar-refractivity contribution in [3.8, 4) is 67.4 Å². The molecule has 0 spiro atoms. The van der Waals surface area contributed by atoms with E-state index in [1.807, 2.05) is 78.9 Å². The molecule has 9 rings (SSSR count). The number of hydrogen-bond donors (Lipinski definition) is 0. The van der Waals surface area contributed by atoms with Crippen LogP contribution in [0.2, 0.25) is 0 Å². The molecule has 0 bridgehead atoms. The zero-order chi connectivity index (χ0) is 34.1. The fourth-order valence-corrected chi connectivity index (χ4v) is 7.85. The van der Waals surface area contributed by atoms with Crippen LogP contribution in [0.1, 0.15) is 0 Å². The minimum Gasteiger partial charge on any atom is -0.246 e. The van der Waals surface area contributed by atoms with Crippen molar-refractivity contribution in [2.75, 3.05) is 0 Å². The first-order chi connectivity index (χ1) is 25.2. The summed E-state index contributed by atoms with van der Waals surface area (Å²) in [4.78, 5) is 19.2. The second-order valence-corrected chi connectivity index (χ2v) is 13.3. The predicted molar refractivity (Wildman–Crippen MR) is 212 cm³/mol. The third-order valence-corrected chi connectivity index (χ3v) is 10.2. The summed E-state index contributed by atoms with van der Waals surface area (Å²) in [5.41, 5.74) is 11.7. The molecule has 3 heterocycles. The quantitative estimate of drug-likeness (QED) is 0.166. The van der Waals surface area contributed by atoms with Crippen LogP contribution >= 0.6 is 11.3 Å². The number of nitrogens with zero attached hydrogens (tertiary/aromatic N) is 4. The monoisotopic (exact) mass is 668 g/mol. The zero-order valence-corrected chi connectivity index (χ0v) is 28.2. The first-order valence-corrected chi connectivity index (χ1v) is 17.5. The Morgan fingerprint density at radius 2 is 0.980 bits per heavy atom. The molecule has 0 aliphatic rings. The Balaban J connectivity index is 1.19. The van der Waals surface area contributed by atoms with E-state index in [9.17, 15) is 0 Å². The van der Waals surface area contributed by atoms with E-state index in [1.54, 1.807) is 0 Å². The lowest BCUT2D eigenvalue weighted by Crippen LogP contribution is -1.96. The van der Waals surface area contributed by atoms with Gasteiger partial charge >= 0.3 is 0 Å². The molecular weight excluding hydrogens is 641 g/mol. The van der Waals surface area contributed by atoms with Gasteiger partial charge in [-0.3, -0.25) is 0 Å². The van der Waals surface area contributed by atoms with Gasteiger partial charge in [0, 0.05) is 43.3 Å². The summed E-state index contributed by atoms with van der Waals surface area (Å²) in [5.74, 6) is 0.687. The lowest BCUT2D eigenvalue weighted by molar-refractivity contribution is 1.18. The number of rotatable bonds is 6. The molecule has 3 aromatic heterocycles. The van der Waals surface area contributed by atoms with Gasteiger partial charge in [0.25, 0.3) is 0 Å². The van der Waals surface area contributed by atoms with Gasteiger partial charge in [-0.05, 0) is 41.0 Å². The van der Waals surface area contributed by atoms with Gasteiger partial charge in [0.1, 0.15) is 0 Å². The van der Waals surface area contributed by atoms with Crippen LogP contribution < -0.4 is 0 Å². The van der Waals surface area contributed by atoms with E-state index in [-0.39, 0.29) is 0 Å². The lowest BCUT2D eigenvalue weighted by atomic mass is 9.95. The normalized spacial score (nSPS) is 11.1. The van der Waals surface area contributed by atoms with Crippen molar-refractivity contribution in [1.82, 2.24) is 15.0 Å². The van der Waals surface area contributed by atoms with Gasteiger partial charge in [-0.1, -0.05) is 146 Å². The maximum absolute atomic E-state index is 8.25. The number of hydrogen-bond acceptors (Lipinski definition) is 4. The number of para-hydroxylation sites is 1. The van der Waals surface area contributed by atoms with Crippen LogP contribution in [0.3, 0.4) is 0 Å². The largest absolute Gasteiger partial charge is 0.250 e. The van der Waals surface area contributed by atoms with Gasteiger partial charge in [0.15, 0.2) is 5.82 Å². The second-order valence-electron chi connectivity index (χ2n) is 12.3. The molecule has 5 heteroatoms. The second kappa shape index (κ2) is 12.9. The smallest absolute Gasteiger partial charge is 0.246 e. The standard InChI is InChI=1S/C46H28N4S/c1-47-46-41(42-37-25-11-12-26-38(37)48-43(44(42)51-46)31-17-7-3-8-18-31)36-24-14-22-34(28-36)33-21-13-23-35(27-33)40-29-39(30-15-5-2-6-16-30)49-45(50-40)32-19-9-4-10-20-32/h2-29H. The zero-order valence-electron chi connectivity index (χ0n) is 27.4. The molecule has 0 saturated heterocycles. The number of pyridine rings is 1. The fraction of sp³-hybridized carbons (Fsp3) is 0. The molecule has 0 atom stereocenters. The molecule has 0 aliphatic heterocycles. The highest BCUT2D eigenvalue weighted by Crippen LogP contribution is 2.50. The van der Waals surface area contributed by atoms with Crippen LogP contribution in [0.15, 0.2) is 170 Å². The Bertz CT molecular complexity index is 2690. The van der Waals surface area contributed by atoms with E-state index in [0.717, 1.165) is 82.6 Å². The molecule has 0 amide bonds. The molecule has 0 radical (unpaired) electrons. The van der Waals surface area contributed by atoms with E-state index in [1.165, 1.54) is 11.3 Å². The van der Waals surface area contributed by atoms with Gasteiger partial charge in [-0.2, -0.15) is 11.3 Å². The Morgan fingerprint density at radius 3 is 1.67 bits per heavy atom. The van der Waals surface area contributed by atoms with Crippen molar-refractivity contribution in [2.45, 2.75) is 0 Å². The summed E-state index contributed by atoms with van der Waals surface area (Å²) >= 11 is 1.52. The maximum Gasteiger partial charge on any atom is 0.250 e. The molecule has 51 heavy (non-hydrogen) atoms. The van der Waals surface area contributed by atoms with Crippen LogP contribution in [0, 0.1) is 6.57 Å². The highest BCUT2D eigenvalue weighted by atomic mass is 32.1. The number of fused-ring (bicyclic) bond motifs is 3. The Kier molecular flexibility index (Phi) is 7.70. The van der Waals surface area contributed by atoms with Crippen molar-refractivity contribution in [1.29, 1.82) is 0 Å². The van der Waals surface area contributed by atoms with Gasteiger partial charge in [0.2, 0.25) is 5.00 Å². The van der Waals surface area contributed by atoms with Crippen LogP contribution in [0.5, 0.6) is 0 Å². The van der Waals surface area contributed by atoms with Crippen molar-refractivity contribution in [3.05, 3.63) is 181 Å². The van der Waals surface area contributed by atoms with E-state index >= 15 is 0 Å². The molecule has 9 aromatic rings. The Labute approximate surface area is 299 Å². The molecule has 6 aromatic carbocycles. The van der Waals surface area contributed by atoms with E-state index < -0.39 is 0 Å². The van der Waals surface area contributed by atoms with Gasteiger partial charge in [0.05, 0.1) is 29.2 Å². The number of aromatic nitrogens is 3. The van der Waals surface area contributed by atoms with Crippen molar-refractivity contribution < 1.29 is 0 Å². The summed E-state index contributed by atoms with van der Waals surface area (Å²) in [6.07, 6.45) is 0. The predicted octanol–water partition coefficient (Wildman–Crippen LogP) is 12.8. The van der Waals surface area contributed by atoms with Crippen molar-refractivity contribution >= 4 is 37.3 Å². The maximum atomic E-state index is 8.25. The first-order valence-electron chi connectivity index (χ1n) is 16.7. The molecular formula is C46H28N4S. The highest BCUT2D eigenvalue weighted by Gasteiger charge is 2.21. The van der Waals surface area contributed by atoms with Crippen LogP contribution in [0.25, 0.3) is 93.2 Å². The molecule has 0 fully saturated rings. The number of benzene rings is 6. The van der Waals surface area contributed by atoms with E-state index in [2.05, 4.69) is 95.8 Å². The van der Waals surface area contributed by atoms with Crippen LogP contribution in [0.4, 0.5) is 5.00 Å². The van der Waals surface area contributed by atoms with Crippen LogP contribution in [-0.2, 0) is 0 Å². The van der Waals surface area contributed by atoms with Gasteiger partial charge in [-0.15, -0.1) is 0 Å². The molecule has 4 nitrogen and oxygen atoms in total. The third-order valence-electron chi connectivity index (χ3n) is 9.13. The summed E-state index contributed by atoms with van der Waals surface area (Å²) in [5, 5.41) is 2.78. The van der Waals surface area contributed by atoms with E-state index in [4.69, 9.17) is 21.5 Å². The molecule has 0 unspecified atom stereocenters. The summed E-state index contributed by atoms with van der Waals surface area (Å²) in [6.45, 7) is 8.25. The minimum absolute atomic E-state index is 0.661. The molecule has 0 saturated carbocycles.